The fourth-order valence-electron chi connectivity index (χ4n) is 2.67. The Labute approximate surface area is 112 Å². The molecule has 1 fully saturated rings. The molecule has 1 aromatic carbocycles. The number of methoxy groups -OCH3 is 1. The van der Waals surface area contributed by atoms with Crippen molar-refractivity contribution >= 4 is 12.4 Å². The van der Waals surface area contributed by atoms with Gasteiger partial charge in [-0.15, -0.1) is 0 Å². The summed E-state index contributed by atoms with van der Waals surface area (Å²) in [6.45, 7) is 1.34. The minimum atomic E-state index is -0.414. The summed E-state index contributed by atoms with van der Waals surface area (Å²) in [6.07, 6.45) is 4.36. The van der Waals surface area contributed by atoms with Gasteiger partial charge in [0.05, 0.1) is 20.3 Å². The molecule has 0 atom stereocenters. The Kier molecular flexibility index (Phi) is 3.03. The highest BCUT2D eigenvalue weighted by atomic mass is 16.6. The minimum absolute atomic E-state index is 0.414. The zero-order chi connectivity index (χ0) is 13.3. The van der Waals surface area contributed by atoms with Gasteiger partial charge in [0.1, 0.15) is 17.8 Å². The smallest absolute Gasteiger partial charge is 0.170 e. The van der Waals surface area contributed by atoms with Crippen LogP contribution in [0, 0.1) is 0 Å². The normalized spacial score (nSPS) is 20.2. The molecule has 3 rings (SSSR count). The first kappa shape index (κ1) is 12.2. The highest BCUT2D eigenvalue weighted by Gasteiger charge is 2.42. The van der Waals surface area contributed by atoms with E-state index >= 15 is 0 Å². The number of hydrogen-bond acceptors (Lipinski definition) is 4. The molecule has 0 aliphatic carbocycles. The summed E-state index contributed by atoms with van der Waals surface area (Å²) in [4.78, 5) is 10.8. The molecule has 2 aliphatic heterocycles. The van der Waals surface area contributed by atoms with Gasteiger partial charge < -0.3 is 14.2 Å². The van der Waals surface area contributed by atoms with Crippen LogP contribution in [0.4, 0.5) is 0 Å². The Bertz CT molecular complexity index is 527. The maximum absolute atomic E-state index is 10.8. The van der Waals surface area contributed by atoms with Crippen LogP contribution >= 0.6 is 0 Å². The molecule has 4 heteroatoms. The summed E-state index contributed by atoms with van der Waals surface area (Å²) < 4.78 is 17.1. The van der Waals surface area contributed by atoms with Crippen LogP contribution < -0.4 is 4.74 Å². The topological polar surface area (TPSA) is 44.8 Å². The second kappa shape index (κ2) is 4.70. The molecule has 0 aromatic heterocycles. The van der Waals surface area contributed by atoms with Crippen LogP contribution in [0.5, 0.6) is 5.75 Å². The summed E-state index contributed by atoms with van der Waals surface area (Å²) in [5, 5.41) is 0. The van der Waals surface area contributed by atoms with E-state index in [1.807, 2.05) is 18.2 Å². The van der Waals surface area contributed by atoms with E-state index in [4.69, 9.17) is 14.2 Å². The maximum atomic E-state index is 10.8. The first-order valence-corrected chi connectivity index (χ1v) is 6.39. The van der Waals surface area contributed by atoms with Gasteiger partial charge in [0.15, 0.2) is 5.60 Å². The number of carbonyl (C=O) groups is 1. The van der Waals surface area contributed by atoms with Crippen LogP contribution in [0.15, 0.2) is 24.0 Å². The molecule has 0 amide bonds. The van der Waals surface area contributed by atoms with Gasteiger partial charge in [-0.2, -0.15) is 0 Å². The molecule has 2 heterocycles. The average Bonchev–Trinajstić information content (AvgIpc) is 2.47. The van der Waals surface area contributed by atoms with Gasteiger partial charge in [-0.05, 0) is 24.3 Å². The zero-order valence-corrected chi connectivity index (χ0v) is 10.8. The molecule has 2 aliphatic rings. The van der Waals surface area contributed by atoms with Crippen molar-refractivity contribution in [2.75, 3.05) is 20.3 Å². The van der Waals surface area contributed by atoms with Crippen molar-refractivity contribution in [3.63, 3.8) is 0 Å². The van der Waals surface area contributed by atoms with Crippen LogP contribution in [0.1, 0.15) is 28.8 Å². The third-order valence-electron chi connectivity index (χ3n) is 3.73. The van der Waals surface area contributed by atoms with Gasteiger partial charge in [0.25, 0.3) is 0 Å². The monoisotopic (exact) mass is 260 g/mol. The molecular weight excluding hydrogens is 244 g/mol. The van der Waals surface area contributed by atoms with Crippen LogP contribution in [-0.4, -0.2) is 32.2 Å². The van der Waals surface area contributed by atoms with E-state index in [0.29, 0.717) is 18.8 Å². The third-order valence-corrected chi connectivity index (χ3v) is 3.73. The lowest BCUT2D eigenvalue weighted by Crippen LogP contribution is -2.45. The lowest BCUT2D eigenvalue weighted by molar-refractivity contribution is -0.0506. The first-order chi connectivity index (χ1) is 9.27. The summed E-state index contributed by atoms with van der Waals surface area (Å²) >= 11 is 0. The molecule has 0 unspecified atom stereocenters. The number of carbonyl (C=O) groups excluding carboxylic acids is 1. The van der Waals surface area contributed by atoms with Crippen molar-refractivity contribution < 1.29 is 19.0 Å². The van der Waals surface area contributed by atoms with E-state index in [9.17, 15) is 4.79 Å². The largest absolute Gasteiger partial charge is 0.497 e. The molecule has 1 aromatic rings. The van der Waals surface area contributed by atoms with Crippen LogP contribution in [0.3, 0.4) is 0 Å². The van der Waals surface area contributed by atoms with Gasteiger partial charge in [-0.3, -0.25) is 4.79 Å². The molecule has 1 spiro atoms. The maximum Gasteiger partial charge on any atom is 0.170 e. The van der Waals surface area contributed by atoms with Crippen molar-refractivity contribution in [3.05, 3.63) is 35.1 Å². The molecule has 0 N–H and O–H groups in total. The summed E-state index contributed by atoms with van der Waals surface area (Å²) in [5.41, 5.74) is 1.11. The molecule has 19 heavy (non-hydrogen) atoms. The Balaban J connectivity index is 2.04. The molecule has 100 valence electrons. The number of ether oxygens (including phenoxy) is 3. The van der Waals surface area contributed by atoms with E-state index in [0.717, 1.165) is 36.2 Å². The van der Waals surface area contributed by atoms with E-state index in [1.54, 1.807) is 13.2 Å². The fourth-order valence-corrected chi connectivity index (χ4v) is 2.67. The Hall–Kier alpha value is -1.81. The van der Waals surface area contributed by atoms with Gasteiger partial charge >= 0.3 is 0 Å². The highest BCUT2D eigenvalue weighted by Crippen LogP contribution is 2.41. The van der Waals surface area contributed by atoms with E-state index in [1.165, 1.54) is 0 Å². The Morgan fingerprint density at radius 1 is 1.32 bits per heavy atom. The van der Waals surface area contributed by atoms with Crippen LogP contribution in [-0.2, 0) is 9.47 Å². The molecule has 0 radical (unpaired) electrons. The number of rotatable bonds is 2. The summed E-state index contributed by atoms with van der Waals surface area (Å²) in [6, 6.07) is 5.43. The SMILES string of the molecule is COC1=Cc2cc(C=O)ccc2OC12CCOCC2. The predicted octanol–water partition coefficient (Wildman–Crippen LogP) is 2.43. The van der Waals surface area contributed by atoms with Gasteiger partial charge in [0, 0.05) is 24.0 Å². The quantitative estimate of drug-likeness (QED) is 0.766. The number of hydrogen-bond donors (Lipinski definition) is 0. The molecule has 0 saturated carbocycles. The van der Waals surface area contributed by atoms with Crippen LogP contribution in [0.25, 0.3) is 6.08 Å². The van der Waals surface area contributed by atoms with Crippen molar-refractivity contribution in [3.8, 4) is 5.75 Å². The van der Waals surface area contributed by atoms with E-state index in [-0.39, 0.29) is 0 Å². The van der Waals surface area contributed by atoms with Crippen molar-refractivity contribution in [2.45, 2.75) is 18.4 Å². The van der Waals surface area contributed by atoms with E-state index in [2.05, 4.69) is 0 Å². The van der Waals surface area contributed by atoms with E-state index < -0.39 is 5.60 Å². The van der Waals surface area contributed by atoms with Crippen molar-refractivity contribution in [1.82, 2.24) is 0 Å². The Morgan fingerprint density at radius 2 is 2.11 bits per heavy atom. The first-order valence-electron chi connectivity index (χ1n) is 6.39. The number of aldehydes is 1. The van der Waals surface area contributed by atoms with Gasteiger partial charge in [-0.25, -0.2) is 0 Å². The zero-order valence-electron chi connectivity index (χ0n) is 10.8. The summed E-state index contributed by atoms with van der Waals surface area (Å²) in [7, 11) is 1.65. The van der Waals surface area contributed by atoms with Gasteiger partial charge in [-0.1, -0.05) is 0 Å². The van der Waals surface area contributed by atoms with Crippen molar-refractivity contribution in [2.24, 2.45) is 0 Å². The Morgan fingerprint density at radius 3 is 2.79 bits per heavy atom. The van der Waals surface area contributed by atoms with Crippen molar-refractivity contribution in [1.29, 1.82) is 0 Å². The van der Waals surface area contributed by atoms with Crippen LogP contribution in [0.2, 0.25) is 0 Å². The lowest BCUT2D eigenvalue weighted by atomic mass is 9.88. The summed E-state index contributed by atoms with van der Waals surface area (Å²) in [5.74, 6) is 1.61. The highest BCUT2D eigenvalue weighted by molar-refractivity contribution is 5.78. The molecular formula is C15H16O4. The predicted molar refractivity (Wildman–Crippen MR) is 70.2 cm³/mol. The molecule has 4 nitrogen and oxygen atoms in total. The second-order valence-electron chi connectivity index (χ2n) is 4.84. The minimum Gasteiger partial charge on any atom is -0.497 e. The second-order valence-corrected chi connectivity index (χ2v) is 4.84. The molecule has 1 saturated heterocycles. The number of fused-ring (bicyclic) bond motifs is 1. The average molecular weight is 260 g/mol. The standard InChI is InChI=1S/C15H16O4/c1-17-14-9-12-8-11(10-16)2-3-13(12)19-15(14)4-6-18-7-5-15/h2-3,8-10H,4-7H2,1H3. The third kappa shape index (κ3) is 2.02. The number of benzene rings is 1. The lowest BCUT2D eigenvalue weighted by Gasteiger charge is -2.41. The van der Waals surface area contributed by atoms with Gasteiger partial charge in [0.2, 0.25) is 0 Å². The molecule has 0 bridgehead atoms. The fraction of sp³-hybridized carbons (Fsp3) is 0.400.